The summed E-state index contributed by atoms with van der Waals surface area (Å²) in [6.07, 6.45) is 2.50. The molecule has 2 aliphatic rings. The first kappa shape index (κ1) is 17.3. The summed E-state index contributed by atoms with van der Waals surface area (Å²) in [4.78, 5) is 36.2. The maximum atomic E-state index is 12.3. The van der Waals surface area contributed by atoms with Gasteiger partial charge in [-0.1, -0.05) is 6.42 Å². The molecule has 0 aromatic heterocycles. The van der Waals surface area contributed by atoms with Crippen molar-refractivity contribution >= 4 is 23.3 Å². The Labute approximate surface area is 145 Å². The highest BCUT2D eigenvalue weighted by Crippen LogP contribution is 2.48. The van der Waals surface area contributed by atoms with E-state index in [0.717, 1.165) is 12.8 Å². The van der Waals surface area contributed by atoms with Crippen LogP contribution in [-0.2, 0) is 9.59 Å². The number of amides is 1. The van der Waals surface area contributed by atoms with Gasteiger partial charge in [-0.15, -0.1) is 0 Å². The molecule has 2 N–H and O–H groups in total. The summed E-state index contributed by atoms with van der Waals surface area (Å²) < 4.78 is 0. The molecular formula is C17H21N3O5. The number of hydrogen-bond acceptors (Lipinski definition) is 5. The standard InChI is InChI=1S/C17H21N3O5/c1-11-7-13(20(24)25)4-5-14(11)18-15(21)9-19-8-12-3-2-6-17(12,10-19)16(22)23/h4-5,7,12H,2-3,6,8-10H2,1H3,(H,18,21)(H,22,23)/t12-,17+/m0/s1. The quantitative estimate of drug-likeness (QED) is 0.622. The number of nitro benzene ring substituents is 1. The minimum absolute atomic E-state index is 0.0220. The Morgan fingerprint density at radius 3 is 2.84 bits per heavy atom. The molecule has 8 heteroatoms. The Kier molecular flexibility index (Phi) is 4.47. The van der Waals surface area contributed by atoms with Gasteiger partial charge in [0.05, 0.1) is 16.9 Å². The zero-order valence-corrected chi connectivity index (χ0v) is 14.0. The Morgan fingerprint density at radius 1 is 1.48 bits per heavy atom. The zero-order valence-electron chi connectivity index (χ0n) is 14.0. The summed E-state index contributed by atoms with van der Waals surface area (Å²) in [5, 5.41) is 23.1. The average Bonchev–Trinajstić information content (AvgIpc) is 3.06. The molecule has 0 bridgehead atoms. The predicted molar refractivity (Wildman–Crippen MR) is 90.3 cm³/mol. The topological polar surface area (TPSA) is 113 Å². The minimum Gasteiger partial charge on any atom is -0.481 e. The molecule has 3 rings (SSSR count). The number of carboxylic acids is 1. The van der Waals surface area contributed by atoms with Crippen LogP contribution in [0.2, 0.25) is 0 Å². The fraction of sp³-hybridized carbons (Fsp3) is 0.529. The molecule has 134 valence electrons. The number of aryl methyl sites for hydroxylation is 1. The lowest BCUT2D eigenvalue weighted by Crippen LogP contribution is -2.37. The van der Waals surface area contributed by atoms with Gasteiger partial charge in [-0.3, -0.25) is 24.6 Å². The number of aliphatic carboxylic acids is 1. The molecule has 1 aromatic carbocycles. The lowest BCUT2D eigenvalue weighted by Gasteiger charge is -2.23. The second-order valence-corrected chi connectivity index (χ2v) is 7.02. The van der Waals surface area contributed by atoms with Gasteiger partial charge in [0.1, 0.15) is 0 Å². The highest BCUT2D eigenvalue weighted by atomic mass is 16.6. The third-order valence-electron chi connectivity index (χ3n) is 5.43. The number of fused-ring (bicyclic) bond motifs is 1. The van der Waals surface area contributed by atoms with Gasteiger partial charge in [-0.05, 0) is 37.3 Å². The maximum absolute atomic E-state index is 12.3. The van der Waals surface area contributed by atoms with Crippen molar-refractivity contribution in [1.29, 1.82) is 0 Å². The van der Waals surface area contributed by atoms with Crippen LogP contribution in [0.4, 0.5) is 11.4 Å². The van der Waals surface area contributed by atoms with E-state index in [1.165, 1.54) is 18.2 Å². The fourth-order valence-corrected chi connectivity index (χ4v) is 4.16. The number of likely N-dealkylation sites (tertiary alicyclic amines) is 1. The number of carbonyl (C=O) groups is 2. The average molecular weight is 347 g/mol. The normalized spacial score (nSPS) is 25.6. The first-order valence-electron chi connectivity index (χ1n) is 8.32. The predicted octanol–water partition coefficient (Wildman–Crippen LogP) is 2.03. The van der Waals surface area contributed by atoms with Crippen molar-refractivity contribution in [2.24, 2.45) is 11.3 Å². The summed E-state index contributed by atoms with van der Waals surface area (Å²) in [7, 11) is 0. The molecule has 2 atom stereocenters. The molecule has 1 aromatic rings. The number of nitrogens with zero attached hydrogens (tertiary/aromatic N) is 2. The Balaban J connectivity index is 1.62. The van der Waals surface area contributed by atoms with E-state index in [1.54, 1.807) is 6.92 Å². The number of benzene rings is 1. The van der Waals surface area contributed by atoms with Gasteiger partial charge < -0.3 is 10.4 Å². The number of rotatable bonds is 5. The molecule has 0 unspecified atom stereocenters. The van der Waals surface area contributed by atoms with Crippen molar-refractivity contribution in [3.05, 3.63) is 33.9 Å². The molecule has 1 aliphatic heterocycles. The smallest absolute Gasteiger partial charge is 0.311 e. The van der Waals surface area contributed by atoms with Gasteiger partial charge in [-0.25, -0.2) is 0 Å². The maximum Gasteiger partial charge on any atom is 0.311 e. The molecule has 0 spiro atoms. The van der Waals surface area contributed by atoms with Crippen LogP contribution in [0.3, 0.4) is 0 Å². The summed E-state index contributed by atoms with van der Waals surface area (Å²) in [6, 6.07) is 4.28. The van der Waals surface area contributed by atoms with Crippen molar-refractivity contribution in [3.63, 3.8) is 0 Å². The Hall–Kier alpha value is -2.48. The van der Waals surface area contributed by atoms with Crippen LogP contribution in [-0.4, -0.2) is 46.4 Å². The van der Waals surface area contributed by atoms with Crippen LogP contribution in [0.15, 0.2) is 18.2 Å². The molecule has 1 saturated carbocycles. The number of non-ortho nitro benzene ring substituents is 1. The van der Waals surface area contributed by atoms with Gasteiger partial charge in [0.25, 0.3) is 5.69 Å². The van der Waals surface area contributed by atoms with Gasteiger partial charge in [0, 0.05) is 30.9 Å². The van der Waals surface area contributed by atoms with E-state index in [-0.39, 0.29) is 24.1 Å². The van der Waals surface area contributed by atoms with Crippen molar-refractivity contribution in [1.82, 2.24) is 4.90 Å². The van der Waals surface area contributed by atoms with Crippen molar-refractivity contribution < 1.29 is 19.6 Å². The lowest BCUT2D eigenvalue weighted by atomic mass is 9.81. The van der Waals surface area contributed by atoms with E-state index in [1.807, 2.05) is 4.90 Å². The van der Waals surface area contributed by atoms with Crippen LogP contribution in [0, 0.1) is 28.4 Å². The monoisotopic (exact) mass is 347 g/mol. The third-order valence-corrected chi connectivity index (χ3v) is 5.43. The Morgan fingerprint density at radius 2 is 2.24 bits per heavy atom. The van der Waals surface area contributed by atoms with E-state index in [0.29, 0.717) is 30.8 Å². The van der Waals surface area contributed by atoms with Gasteiger partial charge in [0.2, 0.25) is 5.91 Å². The first-order chi connectivity index (χ1) is 11.8. The van der Waals surface area contributed by atoms with E-state index in [4.69, 9.17) is 0 Å². The summed E-state index contributed by atoms with van der Waals surface area (Å²) in [5.41, 5.74) is 0.417. The summed E-state index contributed by atoms with van der Waals surface area (Å²) in [5.74, 6) is -0.888. The van der Waals surface area contributed by atoms with Crippen LogP contribution in [0.1, 0.15) is 24.8 Å². The number of carbonyl (C=O) groups excluding carboxylic acids is 1. The molecule has 1 amide bonds. The minimum atomic E-state index is -0.760. The molecule has 8 nitrogen and oxygen atoms in total. The van der Waals surface area contributed by atoms with Crippen molar-refractivity contribution in [2.75, 3.05) is 25.0 Å². The summed E-state index contributed by atoms with van der Waals surface area (Å²) >= 11 is 0. The second-order valence-electron chi connectivity index (χ2n) is 7.02. The highest BCUT2D eigenvalue weighted by molar-refractivity contribution is 5.93. The van der Waals surface area contributed by atoms with E-state index >= 15 is 0 Å². The fourth-order valence-electron chi connectivity index (χ4n) is 4.16. The number of nitro groups is 1. The molecule has 1 saturated heterocycles. The van der Waals surface area contributed by atoms with Crippen LogP contribution in [0.5, 0.6) is 0 Å². The van der Waals surface area contributed by atoms with Gasteiger partial charge in [0.15, 0.2) is 0 Å². The molecule has 1 aliphatic carbocycles. The van der Waals surface area contributed by atoms with Crippen LogP contribution < -0.4 is 5.32 Å². The third kappa shape index (κ3) is 3.21. The largest absolute Gasteiger partial charge is 0.481 e. The van der Waals surface area contributed by atoms with Crippen LogP contribution >= 0.6 is 0 Å². The molecule has 1 heterocycles. The first-order valence-corrected chi connectivity index (χ1v) is 8.32. The van der Waals surface area contributed by atoms with E-state index < -0.39 is 16.3 Å². The van der Waals surface area contributed by atoms with E-state index in [9.17, 15) is 24.8 Å². The number of anilines is 1. The van der Waals surface area contributed by atoms with Crippen LogP contribution in [0.25, 0.3) is 0 Å². The number of carboxylic acid groups (broad SMARTS) is 1. The van der Waals surface area contributed by atoms with Crippen molar-refractivity contribution in [2.45, 2.75) is 26.2 Å². The van der Waals surface area contributed by atoms with Crippen molar-refractivity contribution in [3.8, 4) is 0 Å². The molecule has 0 radical (unpaired) electrons. The van der Waals surface area contributed by atoms with Gasteiger partial charge in [-0.2, -0.15) is 0 Å². The number of nitrogens with one attached hydrogen (secondary N) is 1. The molecule has 25 heavy (non-hydrogen) atoms. The zero-order chi connectivity index (χ0) is 18.2. The molecular weight excluding hydrogens is 326 g/mol. The van der Waals surface area contributed by atoms with Gasteiger partial charge >= 0.3 is 5.97 Å². The highest BCUT2D eigenvalue weighted by Gasteiger charge is 2.54. The Bertz CT molecular complexity index is 735. The number of hydrogen-bond donors (Lipinski definition) is 2. The lowest BCUT2D eigenvalue weighted by molar-refractivity contribution is -0.384. The van der Waals surface area contributed by atoms with E-state index in [2.05, 4.69) is 5.32 Å². The SMILES string of the molecule is Cc1cc([N+](=O)[O-])ccc1NC(=O)CN1C[C@@H]2CCC[C@@]2(C(=O)O)C1. The second kappa shape index (κ2) is 6.44. The molecule has 2 fully saturated rings. The summed E-state index contributed by atoms with van der Waals surface area (Å²) in [6.45, 7) is 2.85.